The molecule has 1 aliphatic rings. The van der Waals surface area contributed by atoms with Crippen LogP contribution in [0.3, 0.4) is 0 Å². The fraction of sp³-hybridized carbons (Fsp3) is 0.833. The van der Waals surface area contributed by atoms with Gasteiger partial charge in [-0.3, -0.25) is 0 Å². The Balaban J connectivity index is 2.66. The largest absolute Gasteiger partial charge is 0.301 e. The fourth-order valence-electron chi connectivity index (χ4n) is 0.736. The lowest BCUT2D eigenvalue weighted by atomic mass is 9.91. The van der Waals surface area contributed by atoms with Crippen LogP contribution in [0, 0.1) is 5.92 Å². The molecule has 1 N–H and O–H groups in total. The standard InChI is InChI=1S/C6H11NO2/c1-5-3-9-7-6(5,2)4-8/h4-5,7H,3H2,1-2H3. The van der Waals surface area contributed by atoms with E-state index in [2.05, 4.69) is 5.48 Å². The number of nitrogens with one attached hydrogen (secondary N) is 1. The quantitative estimate of drug-likeness (QED) is 0.511. The second-order valence-electron chi connectivity index (χ2n) is 2.71. The first-order chi connectivity index (χ1) is 4.19. The molecule has 1 saturated heterocycles. The van der Waals surface area contributed by atoms with E-state index in [9.17, 15) is 4.79 Å². The summed E-state index contributed by atoms with van der Waals surface area (Å²) in [5.41, 5.74) is 2.21. The molecule has 3 nitrogen and oxygen atoms in total. The molecule has 1 rings (SSSR count). The Morgan fingerprint density at radius 2 is 2.56 bits per heavy atom. The SMILES string of the molecule is CC1CONC1(C)C=O. The van der Waals surface area contributed by atoms with Crippen LogP contribution in [0.5, 0.6) is 0 Å². The van der Waals surface area contributed by atoms with Crippen molar-refractivity contribution in [2.45, 2.75) is 19.4 Å². The molecule has 0 radical (unpaired) electrons. The third-order valence-corrected chi connectivity index (χ3v) is 1.89. The van der Waals surface area contributed by atoms with E-state index in [1.165, 1.54) is 0 Å². The fourth-order valence-corrected chi connectivity index (χ4v) is 0.736. The summed E-state index contributed by atoms with van der Waals surface area (Å²) in [6.45, 7) is 4.43. The van der Waals surface area contributed by atoms with Gasteiger partial charge in [0.2, 0.25) is 0 Å². The summed E-state index contributed by atoms with van der Waals surface area (Å²) in [6, 6.07) is 0. The van der Waals surface area contributed by atoms with Crippen molar-refractivity contribution < 1.29 is 9.63 Å². The monoisotopic (exact) mass is 129 g/mol. The molecule has 1 fully saturated rings. The van der Waals surface area contributed by atoms with E-state index in [1.54, 1.807) is 0 Å². The lowest BCUT2D eigenvalue weighted by Gasteiger charge is -2.18. The molecular formula is C6H11NO2. The van der Waals surface area contributed by atoms with Gasteiger partial charge in [-0.25, -0.2) is 0 Å². The summed E-state index contributed by atoms with van der Waals surface area (Å²) in [7, 11) is 0. The summed E-state index contributed by atoms with van der Waals surface area (Å²) in [4.78, 5) is 15.3. The van der Waals surface area contributed by atoms with Crippen molar-refractivity contribution in [3.63, 3.8) is 0 Å². The van der Waals surface area contributed by atoms with Gasteiger partial charge in [-0.05, 0) is 6.92 Å². The minimum atomic E-state index is -0.458. The van der Waals surface area contributed by atoms with Crippen LogP contribution in [0.2, 0.25) is 0 Å². The Hall–Kier alpha value is -0.410. The van der Waals surface area contributed by atoms with Crippen LogP contribution in [-0.4, -0.2) is 18.4 Å². The summed E-state index contributed by atoms with van der Waals surface area (Å²) < 4.78 is 0. The topological polar surface area (TPSA) is 38.3 Å². The van der Waals surface area contributed by atoms with Crippen molar-refractivity contribution in [3.05, 3.63) is 0 Å². The Labute approximate surface area is 54.3 Å². The van der Waals surface area contributed by atoms with Gasteiger partial charge < -0.3 is 9.63 Å². The van der Waals surface area contributed by atoms with Crippen LogP contribution in [0.15, 0.2) is 0 Å². The highest BCUT2D eigenvalue weighted by atomic mass is 16.7. The van der Waals surface area contributed by atoms with Crippen molar-refractivity contribution in [1.82, 2.24) is 5.48 Å². The van der Waals surface area contributed by atoms with Crippen LogP contribution >= 0.6 is 0 Å². The van der Waals surface area contributed by atoms with Gasteiger partial charge in [0.1, 0.15) is 11.8 Å². The van der Waals surface area contributed by atoms with Gasteiger partial charge >= 0.3 is 0 Å². The molecule has 1 aliphatic heterocycles. The van der Waals surface area contributed by atoms with Gasteiger partial charge in [0.05, 0.1) is 6.61 Å². The Bertz CT molecular complexity index is 126. The molecule has 2 atom stereocenters. The zero-order chi connectivity index (χ0) is 6.91. The highest BCUT2D eigenvalue weighted by molar-refractivity contribution is 5.64. The molecule has 0 aliphatic carbocycles. The highest BCUT2D eigenvalue weighted by Gasteiger charge is 2.36. The molecule has 0 aromatic heterocycles. The molecule has 52 valence electrons. The molecular weight excluding hydrogens is 118 g/mol. The molecule has 0 bridgehead atoms. The Morgan fingerprint density at radius 3 is 2.78 bits per heavy atom. The highest BCUT2D eigenvalue weighted by Crippen LogP contribution is 2.19. The predicted molar refractivity (Wildman–Crippen MR) is 32.7 cm³/mol. The maximum absolute atomic E-state index is 10.4. The maximum Gasteiger partial charge on any atom is 0.142 e. The molecule has 3 heteroatoms. The van der Waals surface area contributed by atoms with E-state index in [-0.39, 0.29) is 5.92 Å². The van der Waals surface area contributed by atoms with Crippen molar-refractivity contribution in [2.24, 2.45) is 5.92 Å². The third kappa shape index (κ3) is 0.976. The van der Waals surface area contributed by atoms with E-state index in [1.807, 2.05) is 13.8 Å². The third-order valence-electron chi connectivity index (χ3n) is 1.89. The lowest BCUT2D eigenvalue weighted by molar-refractivity contribution is -0.115. The normalized spacial score (nSPS) is 43.1. The Kier molecular flexibility index (Phi) is 1.55. The molecule has 0 amide bonds. The van der Waals surface area contributed by atoms with Gasteiger partial charge in [0.25, 0.3) is 0 Å². The van der Waals surface area contributed by atoms with Gasteiger partial charge in [0, 0.05) is 5.92 Å². The summed E-state index contributed by atoms with van der Waals surface area (Å²) in [5, 5.41) is 0. The van der Waals surface area contributed by atoms with Crippen LogP contribution in [0.25, 0.3) is 0 Å². The van der Waals surface area contributed by atoms with Crippen LogP contribution in [0.4, 0.5) is 0 Å². The number of hydrogen-bond donors (Lipinski definition) is 1. The summed E-state index contributed by atoms with van der Waals surface area (Å²) in [6.07, 6.45) is 0.894. The first-order valence-corrected chi connectivity index (χ1v) is 3.04. The first kappa shape index (κ1) is 6.71. The second kappa shape index (κ2) is 2.08. The summed E-state index contributed by atoms with van der Waals surface area (Å²) in [5.74, 6) is 0.273. The molecule has 0 aromatic rings. The average molecular weight is 129 g/mol. The molecule has 0 spiro atoms. The predicted octanol–water partition coefficient (Wildman–Crippen LogP) is 0.115. The van der Waals surface area contributed by atoms with Crippen molar-refractivity contribution in [3.8, 4) is 0 Å². The first-order valence-electron chi connectivity index (χ1n) is 3.04. The minimum absolute atomic E-state index is 0.273. The van der Waals surface area contributed by atoms with E-state index in [0.717, 1.165) is 6.29 Å². The minimum Gasteiger partial charge on any atom is -0.301 e. The van der Waals surface area contributed by atoms with Crippen molar-refractivity contribution in [1.29, 1.82) is 0 Å². The second-order valence-corrected chi connectivity index (χ2v) is 2.71. The lowest BCUT2D eigenvalue weighted by Crippen LogP contribution is -2.41. The number of hydrogen-bond acceptors (Lipinski definition) is 3. The van der Waals surface area contributed by atoms with Crippen LogP contribution < -0.4 is 5.48 Å². The van der Waals surface area contributed by atoms with Crippen LogP contribution in [-0.2, 0) is 9.63 Å². The van der Waals surface area contributed by atoms with Gasteiger partial charge in [-0.1, -0.05) is 6.92 Å². The Morgan fingerprint density at radius 1 is 1.89 bits per heavy atom. The van der Waals surface area contributed by atoms with Gasteiger partial charge in [-0.15, -0.1) is 0 Å². The molecule has 9 heavy (non-hydrogen) atoms. The van der Waals surface area contributed by atoms with E-state index in [0.29, 0.717) is 6.61 Å². The van der Waals surface area contributed by atoms with E-state index < -0.39 is 5.54 Å². The van der Waals surface area contributed by atoms with E-state index >= 15 is 0 Å². The molecule has 2 unspecified atom stereocenters. The smallest absolute Gasteiger partial charge is 0.142 e. The molecule has 0 saturated carbocycles. The zero-order valence-corrected chi connectivity index (χ0v) is 5.68. The average Bonchev–Trinajstić information content (AvgIpc) is 2.15. The number of carbonyl (C=O) groups excluding carboxylic acids is 1. The number of hydroxylamine groups is 1. The zero-order valence-electron chi connectivity index (χ0n) is 5.68. The number of rotatable bonds is 1. The van der Waals surface area contributed by atoms with Crippen LogP contribution in [0.1, 0.15) is 13.8 Å². The van der Waals surface area contributed by atoms with Gasteiger partial charge in [-0.2, -0.15) is 5.48 Å². The number of carbonyl (C=O) groups is 1. The number of aldehydes is 1. The van der Waals surface area contributed by atoms with Gasteiger partial charge in [0.15, 0.2) is 0 Å². The molecule has 0 aromatic carbocycles. The summed E-state index contributed by atoms with van der Waals surface area (Å²) >= 11 is 0. The maximum atomic E-state index is 10.4. The van der Waals surface area contributed by atoms with Crippen molar-refractivity contribution >= 4 is 6.29 Å². The van der Waals surface area contributed by atoms with Crippen molar-refractivity contribution in [2.75, 3.05) is 6.61 Å². The van der Waals surface area contributed by atoms with E-state index in [4.69, 9.17) is 4.84 Å². The molecule has 1 heterocycles.